The summed E-state index contributed by atoms with van der Waals surface area (Å²) in [6, 6.07) is 0. The van der Waals surface area contributed by atoms with Crippen LogP contribution in [-0.4, -0.2) is 59.0 Å². The fourth-order valence-electron chi connectivity index (χ4n) is 6.88. The standard InChI is InChI=1S/C17H50OSi7/c1-18-24(19(2,3)4,20(5,6)7)17-25(21(8,9)10,22(11,12)13)23(14,15)16/h17H2,1-16H3. The molecule has 0 aromatic rings. The molecule has 0 aromatic carbocycles. The zero-order valence-electron chi connectivity index (χ0n) is 20.6. The number of rotatable bonds is 8. The highest BCUT2D eigenvalue weighted by Gasteiger charge is 2.68. The summed E-state index contributed by atoms with van der Waals surface area (Å²) in [4.78, 5) is 0. The second-order valence-corrected chi connectivity index (χ2v) is 82.2. The van der Waals surface area contributed by atoms with E-state index in [0.29, 0.717) is 0 Å². The third kappa shape index (κ3) is 4.56. The topological polar surface area (TPSA) is 9.23 Å². The average molecular weight is 467 g/mol. The molecule has 0 saturated carbocycles. The lowest BCUT2D eigenvalue weighted by Crippen LogP contribution is -2.88. The minimum atomic E-state index is -1.69. The molecule has 0 unspecified atom stereocenters. The maximum atomic E-state index is 6.87. The van der Waals surface area contributed by atoms with Gasteiger partial charge in [0.1, 0.15) is 0 Å². The predicted octanol–water partition coefficient (Wildman–Crippen LogP) is 6.65. The molecule has 0 bridgehead atoms. The Hall–Kier alpha value is 1.48. The third-order valence-corrected chi connectivity index (χ3v) is 125. The molecule has 0 atom stereocenters. The van der Waals surface area contributed by atoms with E-state index in [-0.39, 0.29) is 0 Å². The van der Waals surface area contributed by atoms with Gasteiger partial charge in [-0.2, -0.15) is 0 Å². The van der Waals surface area contributed by atoms with Gasteiger partial charge in [-0.25, -0.2) is 0 Å². The molecule has 0 aliphatic heterocycles. The van der Waals surface area contributed by atoms with Crippen LogP contribution < -0.4 is 0 Å². The van der Waals surface area contributed by atoms with Crippen LogP contribution in [0.2, 0.25) is 104 Å². The van der Waals surface area contributed by atoms with Crippen LogP contribution in [0.5, 0.6) is 0 Å². The van der Waals surface area contributed by atoms with Crippen LogP contribution in [0.3, 0.4) is 0 Å². The quantitative estimate of drug-likeness (QED) is 0.364. The summed E-state index contributed by atoms with van der Waals surface area (Å²) < 4.78 is 6.87. The molecule has 1 nitrogen and oxygen atoms in total. The van der Waals surface area contributed by atoms with E-state index in [0.717, 1.165) is 0 Å². The summed E-state index contributed by atoms with van der Waals surface area (Å²) in [6.45, 7) is 39.3. The lowest BCUT2D eigenvalue weighted by Gasteiger charge is -2.63. The van der Waals surface area contributed by atoms with E-state index in [9.17, 15) is 0 Å². The number of hydrogen-bond acceptors (Lipinski definition) is 1. The zero-order valence-corrected chi connectivity index (χ0v) is 27.6. The molecule has 0 aromatic heterocycles. The first-order chi connectivity index (χ1) is 10.5. The monoisotopic (exact) mass is 466 g/mol. The van der Waals surface area contributed by atoms with Gasteiger partial charge in [-0.15, -0.1) is 0 Å². The van der Waals surface area contributed by atoms with Gasteiger partial charge in [0.2, 0.25) is 0 Å². The maximum absolute atomic E-state index is 6.87. The minimum Gasteiger partial charge on any atom is -0.426 e. The summed E-state index contributed by atoms with van der Waals surface area (Å²) in [7, 11) is -5.94. The normalized spacial score (nSPS) is 16.3. The Morgan fingerprint density at radius 1 is 0.440 bits per heavy atom. The summed E-state index contributed by atoms with van der Waals surface area (Å²) in [6.07, 6.45) is 0. The Morgan fingerprint density at radius 2 is 0.680 bits per heavy atom. The summed E-state index contributed by atoms with van der Waals surface area (Å²) in [5.74, 6) is 0. The smallest absolute Gasteiger partial charge is 0.164 e. The lowest BCUT2D eigenvalue weighted by molar-refractivity contribution is 0.425. The Morgan fingerprint density at radius 3 is 0.800 bits per heavy atom. The molecule has 0 fully saturated rings. The fraction of sp³-hybridized carbons (Fsp3) is 1.00. The van der Waals surface area contributed by atoms with E-state index < -0.39 is 51.9 Å². The van der Waals surface area contributed by atoms with E-state index in [2.05, 4.69) is 105 Å². The highest BCUT2D eigenvalue weighted by Crippen LogP contribution is 2.46. The molecule has 0 saturated heterocycles. The largest absolute Gasteiger partial charge is 0.426 e. The van der Waals surface area contributed by atoms with E-state index in [1.165, 1.54) is 0 Å². The Labute approximate surface area is 166 Å². The van der Waals surface area contributed by atoms with Crippen LogP contribution in [0, 0.1) is 0 Å². The molecule has 0 spiro atoms. The third-order valence-electron chi connectivity index (χ3n) is 7.13. The fourth-order valence-corrected chi connectivity index (χ4v) is 188. The van der Waals surface area contributed by atoms with E-state index in [1.54, 1.807) is 5.67 Å². The Kier molecular flexibility index (Phi) is 7.82. The van der Waals surface area contributed by atoms with Crippen LogP contribution in [0.4, 0.5) is 0 Å². The average Bonchev–Trinajstić information content (AvgIpc) is 2.20. The first-order valence-corrected chi connectivity index (χ1v) is 36.9. The molecule has 0 aliphatic rings. The van der Waals surface area contributed by atoms with Crippen molar-refractivity contribution in [1.29, 1.82) is 0 Å². The first kappa shape index (κ1) is 26.5. The molecule has 0 aliphatic carbocycles. The van der Waals surface area contributed by atoms with Crippen LogP contribution in [0.25, 0.3) is 0 Å². The van der Waals surface area contributed by atoms with Gasteiger partial charge >= 0.3 is 0 Å². The Bertz CT molecular complexity index is 406. The number of hydrogen-bond donors (Lipinski definition) is 0. The summed E-state index contributed by atoms with van der Waals surface area (Å²) in [5, 5.41) is 0. The van der Waals surface area contributed by atoms with Gasteiger partial charge in [0.05, 0.1) is 15.2 Å². The molecule has 25 heavy (non-hydrogen) atoms. The highest BCUT2D eigenvalue weighted by atomic mass is 29.9. The highest BCUT2D eigenvalue weighted by molar-refractivity contribution is 7.92. The van der Waals surface area contributed by atoms with E-state index in [1.807, 2.05) is 0 Å². The van der Waals surface area contributed by atoms with Gasteiger partial charge in [0, 0.05) is 36.5 Å². The van der Waals surface area contributed by atoms with Crippen molar-refractivity contribution < 1.29 is 4.43 Å². The second-order valence-electron chi connectivity index (χ2n) is 13.4. The van der Waals surface area contributed by atoms with Crippen molar-refractivity contribution in [2.75, 3.05) is 7.11 Å². The van der Waals surface area contributed by atoms with Crippen LogP contribution in [0.15, 0.2) is 0 Å². The molecule has 0 rings (SSSR count). The molecule has 8 heteroatoms. The molecular formula is C17H50OSi7. The molecule has 0 amide bonds. The minimum absolute atomic E-state index is 1.23. The van der Waals surface area contributed by atoms with Crippen molar-refractivity contribution >= 4 is 51.9 Å². The van der Waals surface area contributed by atoms with Crippen molar-refractivity contribution in [3.63, 3.8) is 0 Å². The van der Waals surface area contributed by atoms with Gasteiger partial charge in [-0.05, 0) is 5.67 Å². The van der Waals surface area contributed by atoms with Crippen molar-refractivity contribution in [3.8, 4) is 0 Å². The Balaban J connectivity index is 7.02. The van der Waals surface area contributed by atoms with Crippen LogP contribution >= 0.6 is 0 Å². The molecular weight excluding hydrogens is 417 g/mol. The van der Waals surface area contributed by atoms with Crippen molar-refractivity contribution in [2.24, 2.45) is 0 Å². The lowest BCUT2D eigenvalue weighted by atomic mass is 11.8. The summed E-state index contributed by atoms with van der Waals surface area (Å²) >= 11 is 0. The van der Waals surface area contributed by atoms with Crippen LogP contribution in [0.1, 0.15) is 0 Å². The maximum Gasteiger partial charge on any atom is 0.164 e. The van der Waals surface area contributed by atoms with Gasteiger partial charge in [0.25, 0.3) is 0 Å². The van der Waals surface area contributed by atoms with Crippen molar-refractivity contribution in [2.45, 2.75) is 104 Å². The zero-order chi connectivity index (χ0) is 20.9. The second kappa shape index (κ2) is 7.38. The molecule has 0 N–H and O–H groups in total. The van der Waals surface area contributed by atoms with E-state index in [4.69, 9.17) is 4.43 Å². The van der Waals surface area contributed by atoms with Gasteiger partial charge < -0.3 is 4.43 Å². The van der Waals surface area contributed by atoms with Crippen molar-refractivity contribution in [3.05, 3.63) is 0 Å². The van der Waals surface area contributed by atoms with Gasteiger partial charge in [-0.3, -0.25) is 0 Å². The first-order valence-electron chi connectivity index (χ1n) is 10.1. The molecule has 0 heterocycles. The van der Waals surface area contributed by atoms with E-state index >= 15 is 0 Å². The van der Waals surface area contributed by atoms with Gasteiger partial charge in [-0.1, -0.05) is 98.2 Å². The predicted molar refractivity (Wildman–Crippen MR) is 140 cm³/mol. The summed E-state index contributed by atoms with van der Waals surface area (Å²) in [5.41, 5.74) is 1.63. The van der Waals surface area contributed by atoms with Crippen LogP contribution in [-0.2, 0) is 4.43 Å². The van der Waals surface area contributed by atoms with Crippen molar-refractivity contribution in [1.82, 2.24) is 0 Å². The SMILES string of the molecule is CO[Si](C[Si]([Si](C)(C)C)([Si](C)(C)C)[Si](C)(C)C)([Si](C)(C)C)[Si](C)(C)C. The van der Waals surface area contributed by atoms with Gasteiger partial charge in [0.15, 0.2) is 7.35 Å². The molecule has 152 valence electrons. The molecule has 0 radical (unpaired) electrons.